The van der Waals surface area contributed by atoms with Crippen LogP contribution in [0.15, 0.2) is 18.2 Å². The molecule has 1 aromatic rings. The van der Waals surface area contributed by atoms with Gasteiger partial charge in [-0.05, 0) is 24.1 Å². The van der Waals surface area contributed by atoms with Crippen LogP contribution >= 0.6 is 0 Å². The molecule has 0 fully saturated rings. The van der Waals surface area contributed by atoms with Gasteiger partial charge < -0.3 is 19.9 Å². The highest BCUT2D eigenvalue weighted by Gasteiger charge is 2.03. The number of ether oxygens (including phenoxy) is 2. The summed E-state index contributed by atoms with van der Waals surface area (Å²) in [5.74, 6) is 1.55. The van der Waals surface area contributed by atoms with Gasteiger partial charge in [0.25, 0.3) is 0 Å². The fourth-order valence-corrected chi connectivity index (χ4v) is 1.50. The minimum absolute atomic E-state index is 0.289. The van der Waals surface area contributed by atoms with Crippen molar-refractivity contribution in [2.75, 3.05) is 20.8 Å². The van der Waals surface area contributed by atoms with Crippen molar-refractivity contribution in [2.45, 2.75) is 26.0 Å². The van der Waals surface area contributed by atoms with Crippen LogP contribution in [0.5, 0.6) is 11.5 Å². The molecule has 0 saturated carbocycles. The Kier molecular flexibility index (Phi) is 5.80. The topological polar surface area (TPSA) is 50.7 Å². The predicted molar refractivity (Wildman–Crippen MR) is 67.6 cm³/mol. The third kappa shape index (κ3) is 4.63. The van der Waals surface area contributed by atoms with Crippen LogP contribution in [-0.4, -0.2) is 32.0 Å². The van der Waals surface area contributed by atoms with E-state index in [-0.39, 0.29) is 6.10 Å². The van der Waals surface area contributed by atoms with Crippen molar-refractivity contribution >= 4 is 0 Å². The molecule has 0 bridgehead atoms. The molecule has 0 spiro atoms. The average Bonchev–Trinajstić information content (AvgIpc) is 2.37. The largest absolute Gasteiger partial charge is 0.497 e. The third-order valence-electron chi connectivity index (χ3n) is 2.59. The summed E-state index contributed by atoms with van der Waals surface area (Å²) < 4.78 is 10.4. The number of hydrogen-bond donors (Lipinski definition) is 2. The Hall–Kier alpha value is -1.26. The summed E-state index contributed by atoms with van der Waals surface area (Å²) >= 11 is 0. The first-order chi connectivity index (χ1) is 8.19. The second-order valence-corrected chi connectivity index (χ2v) is 3.91. The summed E-state index contributed by atoms with van der Waals surface area (Å²) in [6, 6.07) is 5.74. The SMILES string of the molecule is CCC(O)CNCc1cc(OC)cc(OC)c1. The van der Waals surface area contributed by atoms with Gasteiger partial charge in [0.05, 0.1) is 20.3 Å². The van der Waals surface area contributed by atoms with Gasteiger partial charge in [0, 0.05) is 19.2 Å². The van der Waals surface area contributed by atoms with Gasteiger partial charge in [-0.15, -0.1) is 0 Å². The highest BCUT2D eigenvalue weighted by molar-refractivity contribution is 5.38. The van der Waals surface area contributed by atoms with Crippen LogP contribution in [0.1, 0.15) is 18.9 Å². The standard InChI is InChI=1S/C13H21NO3/c1-4-11(15)9-14-8-10-5-12(16-2)7-13(6-10)17-3/h5-7,11,14-15H,4,8-9H2,1-3H3. The molecular formula is C13H21NO3. The minimum Gasteiger partial charge on any atom is -0.497 e. The lowest BCUT2D eigenvalue weighted by atomic mass is 10.2. The number of methoxy groups -OCH3 is 2. The first-order valence-electron chi connectivity index (χ1n) is 5.80. The third-order valence-corrected chi connectivity index (χ3v) is 2.59. The van der Waals surface area contributed by atoms with E-state index in [0.29, 0.717) is 13.1 Å². The van der Waals surface area contributed by atoms with Gasteiger partial charge in [0.1, 0.15) is 11.5 Å². The van der Waals surface area contributed by atoms with E-state index < -0.39 is 0 Å². The fraction of sp³-hybridized carbons (Fsp3) is 0.538. The molecule has 1 aromatic carbocycles. The molecule has 1 unspecified atom stereocenters. The van der Waals surface area contributed by atoms with Crippen LogP contribution in [0.2, 0.25) is 0 Å². The Morgan fingerprint density at radius 2 is 1.76 bits per heavy atom. The summed E-state index contributed by atoms with van der Waals surface area (Å²) in [5, 5.41) is 12.6. The molecule has 0 saturated heterocycles. The van der Waals surface area contributed by atoms with Crippen LogP contribution in [0.3, 0.4) is 0 Å². The van der Waals surface area contributed by atoms with Crippen LogP contribution < -0.4 is 14.8 Å². The molecule has 96 valence electrons. The molecule has 0 aliphatic heterocycles. The lowest BCUT2D eigenvalue weighted by Crippen LogP contribution is -2.25. The zero-order valence-corrected chi connectivity index (χ0v) is 10.7. The van der Waals surface area contributed by atoms with Gasteiger partial charge >= 0.3 is 0 Å². The number of nitrogens with one attached hydrogen (secondary N) is 1. The van der Waals surface area contributed by atoms with E-state index in [4.69, 9.17) is 9.47 Å². The molecule has 0 aliphatic rings. The first-order valence-corrected chi connectivity index (χ1v) is 5.80. The van der Waals surface area contributed by atoms with Gasteiger partial charge in [0.15, 0.2) is 0 Å². The Labute approximate surface area is 103 Å². The molecule has 0 amide bonds. The van der Waals surface area contributed by atoms with Crippen molar-refractivity contribution in [1.82, 2.24) is 5.32 Å². The van der Waals surface area contributed by atoms with Crippen LogP contribution in [0.4, 0.5) is 0 Å². The maximum absolute atomic E-state index is 9.43. The second kappa shape index (κ2) is 7.14. The predicted octanol–water partition coefficient (Wildman–Crippen LogP) is 1.56. The summed E-state index contributed by atoms with van der Waals surface area (Å²) in [5.41, 5.74) is 1.07. The lowest BCUT2D eigenvalue weighted by molar-refractivity contribution is 0.167. The molecule has 0 aromatic heterocycles. The van der Waals surface area contributed by atoms with Crippen molar-refractivity contribution in [1.29, 1.82) is 0 Å². The van der Waals surface area contributed by atoms with Gasteiger partial charge in [-0.3, -0.25) is 0 Å². The number of aliphatic hydroxyl groups excluding tert-OH is 1. The number of hydrogen-bond acceptors (Lipinski definition) is 4. The Morgan fingerprint density at radius 3 is 2.24 bits per heavy atom. The van der Waals surface area contributed by atoms with Crippen molar-refractivity contribution in [3.63, 3.8) is 0 Å². The molecule has 1 atom stereocenters. The van der Waals surface area contributed by atoms with E-state index >= 15 is 0 Å². The van der Waals surface area contributed by atoms with Crippen LogP contribution in [0, 0.1) is 0 Å². The number of aliphatic hydroxyl groups is 1. The van der Waals surface area contributed by atoms with Gasteiger partial charge in [-0.25, -0.2) is 0 Å². The summed E-state index contributed by atoms with van der Waals surface area (Å²) in [4.78, 5) is 0. The van der Waals surface area contributed by atoms with E-state index in [2.05, 4.69) is 5.32 Å². The summed E-state index contributed by atoms with van der Waals surface area (Å²) in [6.07, 6.45) is 0.469. The molecule has 0 heterocycles. The molecule has 4 nitrogen and oxygen atoms in total. The molecule has 17 heavy (non-hydrogen) atoms. The summed E-state index contributed by atoms with van der Waals surface area (Å²) in [6.45, 7) is 3.24. The van der Waals surface area contributed by atoms with E-state index in [1.807, 2.05) is 25.1 Å². The van der Waals surface area contributed by atoms with Crippen LogP contribution in [0.25, 0.3) is 0 Å². The molecular weight excluding hydrogens is 218 g/mol. The maximum atomic E-state index is 9.43. The van der Waals surface area contributed by atoms with Gasteiger partial charge in [-0.1, -0.05) is 6.92 Å². The van der Waals surface area contributed by atoms with Crippen molar-refractivity contribution in [2.24, 2.45) is 0 Å². The van der Waals surface area contributed by atoms with E-state index in [0.717, 1.165) is 23.5 Å². The van der Waals surface area contributed by atoms with E-state index in [9.17, 15) is 5.11 Å². The van der Waals surface area contributed by atoms with Crippen molar-refractivity contribution in [3.8, 4) is 11.5 Å². The Balaban J connectivity index is 2.57. The smallest absolute Gasteiger partial charge is 0.122 e. The number of benzene rings is 1. The monoisotopic (exact) mass is 239 g/mol. The summed E-state index contributed by atoms with van der Waals surface area (Å²) in [7, 11) is 3.26. The fourth-order valence-electron chi connectivity index (χ4n) is 1.50. The minimum atomic E-state index is -0.289. The van der Waals surface area contributed by atoms with Gasteiger partial charge in [-0.2, -0.15) is 0 Å². The number of rotatable bonds is 7. The first kappa shape index (κ1) is 13.8. The Morgan fingerprint density at radius 1 is 1.18 bits per heavy atom. The molecule has 2 N–H and O–H groups in total. The van der Waals surface area contributed by atoms with Crippen molar-refractivity contribution < 1.29 is 14.6 Å². The molecule has 0 radical (unpaired) electrons. The Bertz CT molecular complexity index is 319. The lowest BCUT2D eigenvalue weighted by Gasteiger charge is -2.11. The maximum Gasteiger partial charge on any atom is 0.122 e. The zero-order chi connectivity index (χ0) is 12.7. The molecule has 4 heteroatoms. The van der Waals surface area contributed by atoms with Gasteiger partial charge in [0.2, 0.25) is 0 Å². The van der Waals surface area contributed by atoms with E-state index in [1.54, 1.807) is 14.2 Å². The van der Waals surface area contributed by atoms with Crippen molar-refractivity contribution in [3.05, 3.63) is 23.8 Å². The quantitative estimate of drug-likeness (QED) is 0.758. The highest BCUT2D eigenvalue weighted by Crippen LogP contribution is 2.22. The van der Waals surface area contributed by atoms with Crippen LogP contribution in [-0.2, 0) is 6.54 Å². The average molecular weight is 239 g/mol. The molecule has 0 aliphatic carbocycles. The van der Waals surface area contributed by atoms with E-state index in [1.165, 1.54) is 0 Å². The second-order valence-electron chi connectivity index (χ2n) is 3.91. The zero-order valence-electron chi connectivity index (χ0n) is 10.7. The molecule has 1 rings (SSSR count). The normalized spacial score (nSPS) is 12.2. The highest BCUT2D eigenvalue weighted by atomic mass is 16.5.